The van der Waals surface area contributed by atoms with Crippen LogP contribution in [-0.4, -0.2) is 6.61 Å². The van der Waals surface area contributed by atoms with E-state index in [9.17, 15) is 0 Å². The van der Waals surface area contributed by atoms with Gasteiger partial charge in [0.05, 0.1) is 11.6 Å². The van der Waals surface area contributed by atoms with E-state index < -0.39 is 0 Å². The van der Waals surface area contributed by atoms with Gasteiger partial charge in [-0.25, -0.2) is 0 Å². The lowest BCUT2D eigenvalue weighted by Crippen LogP contribution is -2.20. The van der Waals surface area contributed by atoms with Gasteiger partial charge in [-0.3, -0.25) is 0 Å². The Bertz CT molecular complexity index is 343. The van der Waals surface area contributed by atoms with E-state index in [1.54, 1.807) is 6.07 Å². The fraction of sp³-hybridized carbons (Fsp3) is 0.333. The maximum Gasteiger partial charge on any atom is 0.142 e. The summed E-state index contributed by atoms with van der Waals surface area (Å²) in [5.74, 6) is 0.685. The molecule has 0 aliphatic carbocycles. The van der Waals surface area contributed by atoms with Crippen molar-refractivity contribution in [2.75, 3.05) is 6.61 Å². The number of fused-ring (bicyclic) bond motifs is 1. The van der Waals surface area contributed by atoms with Gasteiger partial charge in [-0.2, -0.15) is 0 Å². The second kappa shape index (κ2) is 4.58. The zero-order chi connectivity index (χ0) is 9.42. The first-order valence-electron chi connectivity index (χ1n) is 4.06. The van der Waals surface area contributed by atoms with Gasteiger partial charge in [0.2, 0.25) is 0 Å². The largest absolute Gasteiger partial charge is 0.492 e. The van der Waals surface area contributed by atoms with Gasteiger partial charge in [-0.15, -0.1) is 12.4 Å². The lowest BCUT2D eigenvalue weighted by Gasteiger charge is -2.23. The van der Waals surface area contributed by atoms with E-state index in [0.717, 1.165) is 12.0 Å². The first-order chi connectivity index (χ1) is 6.18. The molecule has 1 heterocycles. The molecule has 0 spiro atoms. The maximum absolute atomic E-state index is 5.95. The third kappa shape index (κ3) is 2.09. The number of benzene rings is 1. The van der Waals surface area contributed by atoms with Crippen LogP contribution in [0.25, 0.3) is 0 Å². The van der Waals surface area contributed by atoms with E-state index in [4.69, 9.17) is 33.7 Å². The second-order valence-corrected chi connectivity index (χ2v) is 3.89. The Labute approximate surface area is 98.7 Å². The van der Waals surface area contributed by atoms with Crippen molar-refractivity contribution in [1.29, 1.82) is 0 Å². The van der Waals surface area contributed by atoms with Crippen LogP contribution < -0.4 is 10.5 Å². The Balaban J connectivity index is 0.000000980. The summed E-state index contributed by atoms with van der Waals surface area (Å²) in [6.45, 7) is 0.621. The van der Waals surface area contributed by atoms with E-state index in [1.807, 2.05) is 6.07 Å². The molecule has 0 bridgehead atoms. The predicted octanol–water partition coefficient (Wildman–Crippen LogP) is 3.20. The molecular weight excluding hydrogens is 244 g/mol. The zero-order valence-corrected chi connectivity index (χ0v) is 9.62. The SMILES string of the molecule is Cl.N[C@@H]1CCOc2c(Cl)cc(Cl)cc21. The summed E-state index contributed by atoms with van der Waals surface area (Å²) in [6.07, 6.45) is 0.809. The fourth-order valence-corrected chi connectivity index (χ4v) is 2.02. The minimum atomic E-state index is -0.0139. The van der Waals surface area contributed by atoms with Gasteiger partial charge < -0.3 is 10.5 Å². The maximum atomic E-state index is 5.95. The van der Waals surface area contributed by atoms with Crippen molar-refractivity contribution in [3.05, 3.63) is 27.7 Å². The summed E-state index contributed by atoms with van der Waals surface area (Å²) in [5, 5.41) is 1.14. The monoisotopic (exact) mass is 253 g/mol. The molecule has 1 aliphatic rings. The Morgan fingerprint density at radius 2 is 2.07 bits per heavy atom. The molecule has 5 heteroatoms. The summed E-state index contributed by atoms with van der Waals surface area (Å²) >= 11 is 11.8. The molecule has 2 N–H and O–H groups in total. The molecule has 14 heavy (non-hydrogen) atoms. The molecular formula is C9H10Cl3NO. The molecule has 0 saturated heterocycles. The van der Waals surface area contributed by atoms with E-state index in [2.05, 4.69) is 0 Å². The fourth-order valence-electron chi connectivity index (χ4n) is 1.45. The van der Waals surface area contributed by atoms with Crippen LogP contribution in [0, 0.1) is 0 Å². The van der Waals surface area contributed by atoms with Gasteiger partial charge in [-0.05, 0) is 12.1 Å². The molecule has 2 rings (SSSR count). The number of rotatable bonds is 0. The first kappa shape index (κ1) is 11.9. The Morgan fingerprint density at radius 1 is 1.36 bits per heavy atom. The smallest absolute Gasteiger partial charge is 0.142 e. The average Bonchev–Trinajstić information content (AvgIpc) is 2.07. The minimum Gasteiger partial charge on any atom is -0.492 e. The second-order valence-electron chi connectivity index (χ2n) is 3.05. The molecule has 1 atom stereocenters. The predicted molar refractivity (Wildman–Crippen MR) is 60.8 cm³/mol. The van der Waals surface area contributed by atoms with Gasteiger partial charge in [0.1, 0.15) is 5.75 Å². The van der Waals surface area contributed by atoms with Gasteiger partial charge in [-0.1, -0.05) is 23.2 Å². The normalized spacial score (nSPS) is 19.2. The summed E-state index contributed by atoms with van der Waals surface area (Å²) in [7, 11) is 0. The standard InChI is InChI=1S/C9H9Cl2NO.ClH/c10-5-3-6-8(12)1-2-13-9(6)7(11)4-5;/h3-4,8H,1-2,12H2;1H/t8-;/m1./s1. The van der Waals surface area contributed by atoms with Crippen LogP contribution in [0.2, 0.25) is 10.0 Å². The van der Waals surface area contributed by atoms with Crippen LogP contribution in [0.4, 0.5) is 0 Å². The van der Waals surface area contributed by atoms with E-state index in [1.165, 1.54) is 0 Å². The van der Waals surface area contributed by atoms with Crippen molar-refractivity contribution in [1.82, 2.24) is 0 Å². The molecule has 1 aliphatic heterocycles. The van der Waals surface area contributed by atoms with Crippen LogP contribution in [0.1, 0.15) is 18.0 Å². The highest BCUT2D eigenvalue weighted by molar-refractivity contribution is 6.35. The number of hydrogen-bond donors (Lipinski definition) is 1. The molecule has 0 amide bonds. The average molecular weight is 255 g/mol. The molecule has 0 radical (unpaired) electrons. The van der Waals surface area contributed by atoms with E-state index in [0.29, 0.717) is 22.4 Å². The summed E-state index contributed by atoms with van der Waals surface area (Å²) in [5.41, 5.74) is 6.79. The Kier molecular flexibility index (Phi) is 3.90. The molecule has 1 aromatic rings. The highest BCUT2D eigenvalue weighted by Gasteiger charge is 2.20. The van der Waals surface area contributed by atoms with Crippen LogP contribution in [-0.2, 0) is 0 Å². The first-order valence-corrected chi connectivity index (χ1v) is 4.81. The quantitative estimate of drug-likeness (QED) is 0.772. The molecule has 0 unspecified atom stereocenters. The molecule has 0 fully saturated rings. The van der Waals surface area contributed by atoms with Crippen molar-refractivity contribution in [3.8, 4) is 5.75 Å². The Morgan fingerprint density at radius 3 is 2.79 bits per heavy atom. The van der Waals surface area contributed by atoms with Gasteiger partial charge >= 0.3 is 0 Å². The summed E-state index contributed by atoms with van der Waals surface area (Å²) < 4.78 is 5.41. The van der Waals surface area contributed by atoms with Crippen molar-refractivity contribution in [2.45, 2.75) is 12.5 Å². The number of nitrogens with two attached hydrogens (primary N) is 1. The minimum absolute atomic E-state index is 0. The van der Waals surface area contributed by atoms with Gasteiger partial charge in [0.25, 0.3) is 0 Å². The van der Waals surface area contributed by atoms with Crippen LogP contribution >= 0.6 is 35.6 Å². The molecule has 78 valence electrons. The number of hydrogen-bond acceptors (Lipinski definition) is 2. The number of ether oxygens (including phenoxy) is 1. The molecule has 0 saturated carbocycles. The summed E-state index contributed by atoms with van der Waals surface area (Å²) in [6, 6.07) is 3.46. The van der Waals surface area contributed by atoms with Crippen molar-refractivity contribution < 1.29 is 4.74 Å². The molecule has 1 aromatic carbocycles. The topological polar surface area (TPSA) is 35.2 Å². The lowest BCUT2D eigenvalue weighted by atomic mass is 10.0. The van der Waals surface area contributed by atoms with E-state index in [-0.39, 0.29) is 18.4 Å². The highest BCUT2D eigenvalue weighted by atomic mass is 35.5. The zero-order valence-electron chi connectivity index (χ0n) is 7.30. The van der Waals surface area contributed by atoms with Crippen molar-refractivity contribution in [2.24, 2.45) is 5.73 Å². The van der Waals surface area contributed by atoms with Crippen molar-refractivity contribution in [3.63, 3.8) is 0 Å². The van der Waals surface area contributed by atoms with Crippen LogP contribution in [0.15, 0.2) is 12.1 Å². The van der Waals surface area contributed by atoms with Crippen molar-refractivity contribution >= 4 is 35.6 Å². The number of halogens is 3. The summed E-state index contributed by atoms with van der Waals surface area (Å²) in [4.78, 5) is 0. The highest BCUT2D eigenvalue weighted by Crippen LogP contribution is 2.38. The molecule has 2 nitrogen and oxygen atoms in total. The van der Waals surface area contributed by atoms with Gasteiger partial charge in [0.15, 0.2) is 0 Å². The third-order valence-corrected chi connectivity index (χ3v) is 2.61. The van der Waals surface area contributed by atoms with Gasteiger partial charge in [0, 0.05) is 23.0 Å². The van der Waals surface area contributed by atoms with E-state index >= 15 is 0 Å². The van der Waals surface area contributed by atoms with Crippen LogP contribution in [0.5, 0.6) is 5.75 Å². The lowest BCUT2D eigenvalue weighted by molar-refractivity contribution is 0.269. The Hall–Kier alpha value is -0.150. The third-order valence-electron chi connectivity index (χ3n) is 2.11. The van der Waals surface area contributed by atoms with Crippen LogP contribution in [0.3, 0.4) is 0 Å². The molecule has 0 aromatic heterocycles.